The molecule has 9 N–H and O–H groups in total. The molecule has 2 aromatic heterocycles. The van der Waals surface area contributed by atoms with Gasteiger partial charge in [-0.15, -0.1) is 0 Å². The standard InChI is InChI=1S/C27H35N7O7/c1-14(2)23(26(39)33-21(27(40)41)10-16-12-29-13-31-16)34-25(38)20(32-24(37)18(28)7-8-22(35)36)9-15-11-30-19-6-4-3-5-17(15)19/h3-6,11-14,18,20-21,23,30H,7-10,28H2,1-2H3,(H,29,31)(H,32,37)(H,33,39)(H,34,38)(H,35,36)(H,40,41). The normalized spacial score (nSPS) is 14.1. The van der Waals surface area contributed by atoms with Crippen LogP contribution in [0.2, 0.25) is 0 Å². The van der Waals surface area contributed by atoms with Gasteiger partial charge in [0.05, 0.1) is 12.4 Å². The molecule has 3 rings (SSSR count). The van der Waals surface area contributed by atoms with E-state index >= 15 is 0 Å². The number of fused-ring (bicyclic) bond motifs is 1. The summed E-state index contributed by atoms with van der Waals surface area (Å²) in [6, 6.07) is 2.63. The SMILES string of the molecule is CC(C)C(NC(=O)C(Cc1c[nH]c2ccccc12)NC(=O)C(N)CCC(=O)O)C(=O)NC(Cc1cnc[nH]1)C(=O)O. The van der Waals surface area contributed by atoms with Crippen molar-refractivity contribution in [2.24, 2.45) is 11.7 Å². The second-order valence-electron chi connectivity index (χ2n) is 10.1. The lowest BCUT2D eigenvalue weighted by atomic mass is 9.99. The first-order valence-electron chi connectivity index (χ1n) is 13.1. The number of hydrogen-bond donors (Lipinski definition) is 8. The van der Waals surface area contributed by atoms with E-state index < -0.39 is 59.7 Å². The van der Waals surface area contributed by atoms with Gasteiger partial charge in [-0.25, -0.2) is 9.78 Å². The maximum atomic E-state index is 13.5. The van der Waals surface area contributed by atoms with Gasteiger partial charge in [-0.05, 0) is 24.0 Å². The van der Waals surface area contributed by atoms with Gasteiger partial charge in [-0.1, -0.05) is 32.0 Å². The third kappa shape index (κ3) is 8.63. The minimum Gasteiger partial charge on any atom is -0.481 e. The predicted octanol–water partition coefficient (Wildman–Crippen LogP) is 0.0633. The summed E-state index contributed by atoms with van der Waals surface area (Å²) >= 11 is 0. The van der Waals surface area contributed by atoms with Crippen LogP contribution >= 0.6 is 0 Å². The van der Waals surface area contributed by atoms with Gasteiger partial charge in [0.15, 0.2) is 0 Å². The van der Waals surface area contributed by atoms with Crippen molar-refractivity contribution in [3.8, 4) is 0 Å². The van der Waals surface area contributed by atoms with Gasteiger partial charge in [0.1, 0.15) is 18.1 Å². The number of nitrogens with two attached hydrogens (primary N) is 1. The Labute approximate surface area is 235 Å². The molecule has 0 aliphatic carbocycles. The lowest BCUT2D eigenvalue weighted by molar-refractivity contribution is -0.142. The van der Waals surface area contributed by atoms with Gasteiger partial charge in [-0.2, -0.15) is 0 Å². The smallest absolute Gasteiger partial charge is 0.326 e. The van der Waals surface area contributed by atoms with Gasteiger partial charge in [0, 0.05) is 48.3 Å². The summed E-state index contributed by atoms with van der Waals surface area (Å²) in [7, 11) is 0. The number of benzene rings is 1. The minimum atomic E-state index is -1.28. The first-order valence-corrected chi connectivity index (χ1v) is 13.1. The van der Waals surface area contributed by atoms with Gasteiger partial charge in [-0.3, -0.25) is 19.2 Å². The monoisotopic (exact) mass is 569 g/mol. The molecule has 0 radical (unpaired) electrons. The van der Waals surface area contributed by atoms with E-state index in [0.717, 1.165) is 16.5 Å². The molecule has 220 valence electrons. The third-order valence-electron chi connectivity index (χ3n) is 6.58. The zero-order chi connectivity index (χ0) is 30.1. The molecule has 0 fully saturated rings. The molecule has 0 aliphatic heterocycles. The Hall–Kier alpha value is -4.72. The highest BCUT2D eigenvalue weighted by Crippen LogP contribution is 2.19. The quantitative estimate of drug-likeness (QED) is 0.123. The van der Waals surface area contributed by atoms with E-state index in [1.54, 1.807) is 20.0 Å². The van der Waals surface area contributed by atoms with Crippen LogP contribution < -0.4 is 21.7 Å². The molecule has 14 nitrogen and oxygen atoms in total. The van der Waals surface area contributed by atoms with Gasteiger partial charge >= 0.3 is 11.9 Å². The van der Waals surface area contributed by atoms with Crippen LogP contribution in [0.3, 0.4) is 0 Å². The Balaban J connectivity index is 1.79. The lowest BCUT2D eigenvalue weighted by Crippen LogP contribution is -2.59. The van der Waals surface area contributed by atoms with Gasteiger partial charge < -0.3 is 41.9 Å². The van der Waals surface area contributed by atoms with E-state index in [1.165, 1.54) is 12.5 Å². The summed E-state index contributed by atoms with van der Waals surface area (Å²) in [4.78, 5) is 72.0. The first-order chi connectivity index (χ1) is 19.5. The number of imidazole rings is 1. The fourth-order valence-corrected chi connectivity index (χ4v) is 4.29. The number of carboxylic acid groups (broad SMARTS) is 2. The first kappa shape index (κ1) is 30.8. The number of carbonyl (C=O) groups excluding carboxylic acids is 3. The highest BCUT2D eigenvalue weighted by molar-refractivity contribution is 5.95. The molecule has 3 amide bonds. The Kier molecular flexibility index (Phi) is 10.6. The van der Waals surface area contributed by atoms with Crippen LogP contribution in [0.5, 0.6) is 0 Å². The summed E-state index contributed by atoms with van der Waals surface area (Å²) in [6.45, 7) is 3.37. The molecular formula is C27H35N7O7. The van der Waals surface area contributed by atoms with Crippen molar-refractivity contribution < 1.29 is 34.2 Å². The fraction of sp³-hybridized carbons (Fsp3) is 0.407. The van der Waals surface area contributed by atoms with E-state index in [2.05, 4.69) is 30.9 Å². The predicted molar refractivity (Wildman–Crippen MR) is 147 cm³/mol. The number of hydrogen-bond acceptors (Lipinski definition) is 7. The minimum absolute atomic E-state index is 0.0389. The topological polar surface area (TPSA) is 232 Å². The van der Waals surface area contributed by atoms with Crippen molar-refractivity contribution in [1.29, 1.82) is 0 Å². The maximum Gasteiger partial charge on any atom is 0.326 e. The highest BCUT2D eigenvalue weighted by Gasteiger charge is 2.32. The second-order valence-corrected chi connectivity index (χ2v) is 10.1. The number of para-hydroxylation sites is 1. The molecule has 14 heteroatoms. The number of amides is 3. The van der Waals surface area contributed by atoms with Crippen LogP contribution in [0.25, 0.3) is 10.9 Å². The lowest BCUT2D eigenvalue weighted by Gasteiger charge is -2.27. The molecule has 1 aromatic carbocycles. The second kappa shape index (κ2) is 14.1. The number of carbonyl (C=O) groups is 5. The average molecular weight is 570 g/mol. The third-order valence-corrected chi connectivity index (χ3v) is 6.58. The van der Waals surface area contributed by atoms with Crippen LogP contribution in [0, 0.1) is 5.92 Å². The van der Waals surface area contributed by atoms with E-state index in [0.29, 0.717) is 5.69 Å². The molecule has 0 aliphatic rings. The molecule has 0 bridgehead atoms. The Morgan fingerprint density at radius 2 is 1.63 bits per heavy atom. The number of aliphatic carboxylic acids is 2. The van der Waals surface area contributed by atoms with Crippen molar-refractivity contribution in [2.45, 2.75) is 63.7 Å². The van der Waals surface area contributed by atoms with Crippen LogP contribution in [0.15, 0.2) is 43.0 Å². The Bertz CT molecular complexity index is 1370. The number of aromatic nitrogens is 3. The molecule has 4 atom stereocenters. The molecule has 0 saturated carbocycles. The summed E-state index contributed by atoms with van der Waals surface area (Å²) in [5.41, 5.74) is 7.92. The summed E-state index contributed by atoms with van der Waals surface area (Å²) in [6.07, 6.45) is 4.08. The van der Waals surface area contributed by atoms with Crippen LogP contribution in [-0.4, -0.2) is 79.0 Å². The summed E-state index contributed by atoms with van der Waals surface area (Å²) < 4.78 is 0. The summed E-state index contributed by atoms with van der Waals surface area (Å²) in [5.74, 6) is -4.94. The molecule has 0 spiro atoms. The van der Waals surface area contributed by atoms with Crippen LogP contribution in [0.4, 0.5) is 0 Å². The van der Waals surface area contributed by atoms with E-state index in [1.807, 2.05) is 24.3 Å². The van der Waals surface area contributed by atoms with Gasteiger partial charge in [0.2, 0.25) is 17.7 Å². The zero-order valence-corrected chi connectivity index (χ0v) is 22.7. The Morgan fingerprint density at radius 3 is 2.27 bits per heavy atom. The number of aromatic amines is 2. The number of H-pyrrole nitrogens is 2. The maximum absolute atomic E-state index is 13.5. The van der Waals surface area contributed by atoms with E-state index in [-0.39, 0.29) is 25.7 Å². The van der Waals surface area contributed by atoms with Crippen LogP contribution in [-0.2, 0) is 36.8 Å². The van der Waals surface area contributed by atoms with E-state index in [4.69, 9.17) is 10.8 Å². The van der Waals surface area contributed by atoms with Crippen LogP contribution in [0.1, 0.15) is 37.9 Å². The number of nitrogens with zero attached hydrogens (tertiary/aromatic N) is 1. The molecule has 3 aromatic rings. The number of nitrogens with one attached hydrogen (secondary N) is 5. The number of carboxylic acids is 2. The zero-order valence-electron chi connectivity index (χ0n) is 22.7. The highest BCUT2D eigenvalue weighted by atomic mass is 16.4. The van der Waals surface area contributed by atoms with Crippen molar-refractivity contribution >= 4 is 40.6 Å². The van der Waals surface area contributed by atoms with Crippen molar-refractivity contribution in [1.82, 2.24) is 30.9 Å². The average Bonchev–Trinajstić information content (AvgIpc) is 3.59. The van der Waals surface area contributed by atoms with Crippen molar-refractivity contribution in [2.75, 3.05) is 0 Å². The largest absolute Gasteiger partial charge is 0.481 e. The summed E-state index contributed by atoms with van der Waals surface area (Å²) in [5, 5.41) is 27.1. The molecule has 41 heavy (non-hydrogen) atoms. The molecule has 2 heterocycles. The van der Waals surface area contributed by atoms with Gasteiger partial charge in [0.25, 0.3) is 0 Å². The molecule has 4 unspecified atom stereocenters. The molecule has 0 saturated heterocycles. The van der Waals surface area contributed by atoms with Crippen molar-refractivity contribution in [3.05, 3.63) is 54.2 Å². The number of rotatable bonds is 15. The van der Waals surface area contributed by atoms with Crippen molar-refractivity contribution in [3.63, 3.8) is 0 Å². The Morgan fingerprint density at radius 1 is 0.927 bits per heavy atom. The molecular weight excluding hydrogens is 534 g/mol. The van der Waals surface area contributed by atoms with E-state index in [9.17, 15) is 29.1 Å². The fourth-order valence-electron chi connectivity index (χ4n) is 4.29.